The Morgan fingerprint density at radius 1 is 1.18 bits per heavy atom. The van der Waals surface area contributed by atoms with Gasteiger partial charge >= 0.3 is 47.3 Å². The number of hydrogen-bond donors (Lipinski definition) is 1. The van der Waals surface area contributed by atoms with E-state index in [2.05, 4.69) is 14.7 Å². The van der Waals surface area contributed by atoms with Crippen LogP contribution in [0.1, 0.15) is 21.6 Å². The first kappa shape index (κ1) is 31.6. The average Bonchev–Trinajstić information content (AvgIpc) is 3.28. The summed E-state index contributed by atoms with van der Waals surface area (Å²) >= 11 is -2.19. The monoisotopic (exact) mass is 605 g/mol. The third kappa shape index (κ3) is 6.04. The van der Waals surface area contributed by atoms with Crippen molar-refractivity contribution in [3.05, 3.63) is 65.5 Å². The number of pyridine rings is 1. The predicted molar refractivity (Wildman–Crippen MR) is 142 cm³/mol. The summed E-state index contributed by atoms with van der Waals surface area (Å²) in [5, 5.41) is 9.05. The van der Waals surface area contributed by atoms with Crippen LogP contribution in [0.25, 0.3) is 11.0 Å². The van der Waals surface area contributed by atoms with E-state index in [4.69, 9.17) is 9.47 Å². The van der Waals surface area contributed by atoms with E-state index in [1.165, 1.54) is 57.7 Å². The van der Waals surface area contributed by atoms with Gasteiger partial charge in [0.25, 0.3) is 10.0 Å². The quantitative estimate of drug-likeness (QED) is 0.211. The molecule has 0 radical (unpaired) electrons. The van der Waals surface area contributed by atoms with E-state index in [9.17, 15) is 31.7 Å². The number of alkyl halides is 2. The standard InChI is InChI=1S/C24H21F2N3O8S2.Na.H/c1-13-15(22(30)31)5-4-6-20(13)39(33,34)29-18-11-14(37-23(25)26)7-8-16(18)28-24(29)38(32)12-17-21(36-3)19(35-2)9-10-27-17;;/h4-11,23H,12H2,1-3H3,(H,30,31);;. The molecule has 0 spiro atoms. The molecule has 4 rings (SSSR count). The fourth-order valence-corrected chi connectivity index (χ4v) is 7.14. The molecule has 0 amide bonds. The van der Waals surface area contributed by atoms with Gasteiger partial charge in [0.05, 0.1) is 35.7 Å². The minimum absolute atomic E-state index is 0. The first-order chi connectivity index (χ1) is 18.5. The number of carboxylic acids is 1. The molecule has 2 aromatic carbocycles. The SMILES string of the molecule is COc1ccnc(C[S+]([O-])c2nc3ccc(OC(F)F)cc3n2S(=O)(=O)c2cccc(C(=O)O)c2C)c1OC.[NaH]. The number of nitrogens with zero attached hydrogens (tertiary/aromatic N) is 3. The zero-order valence-corrected chi connectivity index (χ0v) is 22.3. The van der Waals surface area contributed by atoms with Gasteiger partial charge in [-0.05, 0) is 36.8 Å². The summed E-state index contributed by atoms with van der Waals surface area (Å²) in [5.41, 5.74) is -0.366. The summed E-state index contributed by atoms with van der Waals surface area (Å²) in [7, 11) is -1.92. The number of imidazole rings is 1. The Balaban J connectivity index is 0.00000441. The van der Waals surface area contributed by atoms with Crippen molar-refractivity contribution in [3.8, 4) is 17.2 Å². The van der Waals surface area contributed by atoms with Crippen molar-refractivity contribution in [2.24, 2.45) is 0 Å². The molecule has 4 aromatic rings. The van der Waals surface area contributed by atoms with Gasteiger partial charge < -0.3 is 23.9 Å². The molecule has 1 unspecified atom stereocenters. The number of ether oxygens (including phenoxy) is 3. The van der Waals surface area contributed by atoms with E-state index < -0.39 is 43.8 Å². The second kappa shape index (κ2) is 12.7. The molecule has 2 aromatic heterocycles. The second-order valence-corrected chi connectivity index (χ2v) is 11.0. The van der Waals surface area contributed by atoms with Crippen molar-refractivity contribution < 1.29 is 45.9 Å². The molecule has 11 nitrogen and oxygen atoms in total. The average molecular weight is 606 g/mol. The summed E-state index contributed by atoms with van der Waals surface area (Å²) in [5.74, 6) is -1.59. The van der Waals surface area contributed by atoms with Crippen molar-refractivity contribution in [3.63, 3.8) is 0 Å². The van der Waals surface area contributed by atoms with Crippen LogP contribution < -0.4 is 14.2 Å². The van der Waals surface area contributed by atoms with E-state index in [-0.39, 0.29) is 74.7 Å². The van der Waals surface area contributed by atoms with Crippen molar-refractivity contribution in [1.82, 2.24) is 13.9 Å². The Morgan fingerprint density at radius 2 is 1.90 bits per heavy atom. The van der Waals surface area contributed by atoms with E-state index in [0.717, 1.165) is 12.1 Å². The van der Waals surface area contributed by atoms with Gasteiger partial charge in [0.2, 0.25) is 0 Å². The summed E-state index contributed by atoms with van der Waals surface area (Å²) in [4.78, 5) is 19.7. The summed E-state index contributed by atoms with van der Waals surface area (Å²) in [6.07, 6.45) is 1.39. The van der Waals surface area contributed by atoms with Crippen molar-refractivity contribution in [2.45, 2.75) is 29.3 Å². The predicted octanol–water partition coefficient (Wildman–Crippen LogP) is 2.95. The first-order valence-electron chi connectivity index (χ1n) is 11.0. The number of carbonyl (C=O) groups is 1. The second-order valence-electron chi connectivity index (χ2n) is 7.91. The molecule has 208 valence electrons. The third-order valence-corrected chi connectivity index (χ3v) is 8.83. The molecular formula is C24H22F2N3NaO8S2. The van der Waals surface area contributed by atoms with Crippen molar-refractivity contribution in [2.75, 3.05) is 14.2 Å². The third-order valence-electron chi connectivity index (χ3n) is 5.65. The van der Waals surface area contributed by atoms with Gasteiger partial charge in [-0.25, -0.2) is 13.2 Å². The van der Waals surface area contributed by atoms with Crippen LogP contribution in [-0.4, -0.2) is 88.4 Å². The number of aromatic nitrogens is 3. The zero-order chi connectivity index (χ0) is 28.5. The summed E-state index contributed by atoms with van der Waals surface area (Å²) in [6.45, 7) is -1.88. The number of hydrogen-bond acceptors (Lipinski definition) is 9. The van der Waals surface area contributed by atoms with E-state index in [0.29, 0.717) is 9.72 Å². The molecule has 0 saturated heterocycles. The van der Waals surface area contributed by atoms with E-state index in [1.54, 1.807) is 0 Å². The first-order valence-corrected chi connectivity index (χ1v) is 13.8. The molecule has 1 atom stereocenters. The van der Waals surface area contributed by atoms with Gasteiger partial charge in [0, 0.05) is 29.5 Å². The number of fused-ring (bicyclic) bond motifs is 1. The van der Waals surface area contributed by atoms with Crippen LogP contribution in [-0.2, 0) is 27.0 Å². The molecule has 0 fully saturated rings. The number of halogens is 2. The van der Waals surface area contributed by atoms with Crippen LogP contribution in [0.2, 0.25) is 0 Å². The van der Waals surface area contributed by atoms with Crippen LogP contribution >= 0.6 is 0 Å². The van der Waals surface area contributed by atoms with Gasteiger partial charge in [0.1, 0.15) is 11.4 Å². The van der Waals surface area contributed by atoms with Crippen LogP contribution in [0.4, 0.5) is 8.78 Å². The molecule has 0 saturated carbocycles. The number of carboxylic acid groups (broad SMARTS) is 1. The molecule has 2 heterocycles. The Kier molecular flexibility index (Phi) is 10.0. The molecule has 0 aliphatic heterocycles. The molecular weight excluding hydrogens is 583 g/mol. The molecule has 0 bridgehead atoms. The van der Waals surface area contributed by atoms with Crippen LogP contribution in [0.3, 0.4) is 0 Å². The Morgan fingerprint density at radius 3 is 2.52 bits per heavy atom. The van der Waals surface area contributed by atoms with Gasteiger partial charge in [-0.3, -0.25) is 4.98 Å². The van der Waals surface area contributed by atoms with Gasteiger partial charge in [-0.1, -0.05) is 6.07 Å². The van der Waals surface area contributed by atoms with E-state index >= 15 is 0 Å². The van der Waals surface area contributed by atoms with Gasteiger partial charge in [-0.2, -0.15) is 17.7 Å². The van der Waals surface area contributed by atoms with Crippen LogP contribution in [0.5, 0.6) is 17.2 Å². The van der Waals surface area contributed by atoms with Crippen LogP contribution in [0, 0.1) is 6.92 Å². The van der Waals surface area contributed by atoms with E-state index in [1.807, 2.05) is 0 Å². The maximum absolute atomic E-state index is 14.0. The van der Waals surface area contributed by atoms with Gasteiger partial charge in [0.15, 0.2) is 17.3 Å². The number of methoxy groups -OCH3 is 2. The number of aromatic carboxylic acids is 1. The molecule has 1 N–H and O–H groups in total. The topological polar surface area (TPSA) is 153 Å². The Labute approximate surface area is 252 Å². The Hall–Kier alpha value is -2.95. The van der Waals surface area contributed by atoms with Gasteiger partial charge in [-0.15, -0.1) is 0 Å². The molecule has 0 aliphatic rings. The molecule has 16 heteroatoms. The number of rotatable bonds is 10. The summed E-state index contributed by atoms with van der Waals surface area (Å²) < 4.78 is 83.1. The maximum atomic E-state index is 14.0. The molecule has 0 aliphatic carbocycles. The zero-order valence-electron chi connectivity index (χ0n) is 20.6. The fourth-order valence-electron chi connectivity index (χ4n) is 3.93. The van der Waals surface area contributed by atoms with Crippen molar-refractivity contribution >= 4 is 67.8 Å². The number of benzene rings is 2. The normalized spacial score (nSPS) is 12.2. The molecule has 40 heavy (non-hydrogen) atoms. The summed E-state index contributed by atoms with van der Waals surface area (Å²) in [6, 6.07) is 8.61. The van der Waals surface area contributed by atoms with Crippen molar-refractivity contribution in [1.29, 1.82) is 0 Å². The fraction of sp³-hybridized carbons (Fsp3) is 0.208. The minimum atomic E-state index is -4.67. The van der Waals surface area contributed by atoms with Crippen LogP contribution in [0.15, 0.2) is 58.7 Å². The Bertz CT molecular complexity index is 1670.